The third-order valence-electron chi connectivity index (χ3n) is 3.76. The number of anilines is 1. The first-order valence-corrected chi connectivity index (χ1v) is 8.92. The van der Waals surface area contributed by atoms with Gasteiger partial charge in [0.05, 0.1) is 11.2 Å². The largest absolute Gasteiger partial charge is 0.485 e. The Hall–Kier alpha value is -3.13. The number of nitrogens with zero attached hydrogens (tertiary/aromatic N) is 2. The molecular weight excluding hydrogens is 342 g/mol. The number of rotatable bonds is 4. The summed E-state index contributed by atoms with van der Waals surface area (Å²) in [7, 11) is -3.82. The van der Waals surface area contributed by atoms with Gasteiger partial charge in [-0.05, 0) is 24.3 Å². The molecular formula is C17H13N3O4S. The molecule has 2 amide bonds. The molecule has 3 aromatic rings. The lowest BCUT2D eigenvalue weighted by Crippen LogP contribution is -2.61. The highest BCUT2D eigenvalue weighted by Crippen LogP contribution is 2.33. The van der Waals surface area contributed by atoms with E-state index in [2.05, 4.69) is 4.98 Å². The van der Waals surface area contributed by atoms with E-state index in [4.69, 9.17) is 4.74 Å². The monoisotopic (exact) mass is 355 g/mol. The van der Waals surface area contributed by atoms with Gasteiger partial charge in [0.1, 0.15) is 18.0 Å². The molecule has 2 aromatic carbocycles. The molecule has 0 atom stereocenters. The Morgan fingerprint density at radius 2 is 1.76 bits per heavy atom. The molecule has 1 aliphatic heterocycles. The van der Waals surface area contributed by atoms with E-state index >= 15 is 0 Å². The lowest BCUT2D eigenvalue weighted by atomic mass is 10.2. The van der Waals surface area contributed by atoms with E-state index in [1.807, 2.05) is 41.1 Å². The first-order valence-electron chi connectivity index (χ1n) is 7.48. The number of ether oxygens (including phenoxy) is 1. The predicted molar refractivity (Wildman–Crippen MR) is 92.4 cm³/mol. The van der Waals surface area contributed by atoms with Crippen molar-refractivity contribution in [2.45, 2.75) is 6.61 Å². The molecule has 0 bridgehead atoms. The third kappa shape index (κ3) is 2.76. The second-order valence-electron chi connectivity index (χ2n) is 5.43. The van der Waals surface area contributed by atoms with Gasteiger partial charge in [0, 0.05) is 5.39 Å². The number of hydrogen-bond donors (Lipinski definition) is 1. The van der Waals surface area contributed by atoms with Crippen LogP contribution in [-0.2, 0) is 16.8 Å². The van der Waals surface area contributed by atoms with Gasteiger partial charge in [-0.15, -0.1) is 0 Å². The molecule has 1 fully saturated rings. The molecule has 0 spiro atoms. The van der Waals surface area contributed by atoms with Crippen molar-refractivity contribution in [1.29, 1.82) is 0 Å². The number of fused-ring (bicyclic) bond motifs is 1. The molecule has 8 heteroatoms. The van der Waals surface area contributed by atoms with Crippen molar-refractivity contribution in [2.24, 2.45) is 0 Å². The van der Waals surface area contributed by atoms with Crippen LogP contribution in [0, 0.1) is 0 Å². The van der Waals surface area contributed by atoms with Crippen molar-refractivity contribution in [3.63, 3.8) is 0 Å². The Kier molecular flexibility index (Phi) is 3.54. The molecule has 25 heavy (non-hydrogen) atoms. The maximum Gasteiger partial charge on any atom is 0.352 e. The van der Waals surface area contributed by atoms with E-state index in [1.54, 1.807) is 18.2 Å². The number of hydrogen-bond acceptors (Lipinski definition) is 5. The van der Waals surface area contributed by atoms with Gasteiger partial charge < -0.3 is 4.74 Å². The second kappa shape index (κ2) is 5.75. The number of benzene rings is 2. The van der Waals surface area contributed by atoms with Crippen molar-refractivity contribution in [3.8, 4) is 5.75 Å². The van der Waals surface area contributed by atoms with Crippen LogP contribution in [0.4, 0.5) is 10.5 Å². The number of para-hydroxylation sites is 3. The lowest BCUT2D eigenvalue weighted by molar-refractivity contribution is 0.249. The van der Waals surface area contributed by atoms with Gasteiger partial charge in [-0.1, -0.05) is 36.4 Å². The summed E-state index contributed by atoms with van der Waals surface area (Å²) in [5.41, 5.74) is 1.72. The summed E-state index contributed by atoms with van der Waals surface area (Å²) in [5.74, 6) is 0.288. The van der Waals surface area contributed by atoms with Crippen LogP contribution >= 0.6 is 0 Å². The van der Waals surface area contributed by atoms with Gasteiger partial charge in [0.2, 0.25) is 0 Å². The highest BCUT2D eigenvalue weighted by Gasteiger charge is 2.43. The fraction of sp³-hybridized carbons (Fsp3) is 0.0588. The Bertz CT molecular complexity index is 1080. The Balaban J connectivity index is 1.60. The average Bonchev–Trinajstić information content (AvgIpc) is 2.60. The number of carbonyl (C=O) groups is 1. The number of nitrogens with one attached hydrogen (secondary N) is 1. The highest BCUT2D eigenvalue weighted by atomic mass is 32.2. The molecule has 0 unspecified atom stereocenters. The second-order valence-corrected chi connectivity index (χ2v) is 6.95. The molecule has 7 nitrogen and oxygen atoms in total. The molecule has 2 heterocycles. The van der Waals surface area contributed by atoms with Crippen molar-refractivity contribution in [2.75, 3.05) is 4.31 Å². The van der Waals surface area contributed by atoms with Gasteiger partial charge in [0.15, 0.2) is 0 Å². The molecule has 4 rings (SSSR count). The van der Waals surface area contributed by atoms with Crippen LogP contribution in [0.15, 0.2) is 60.7 Å². The maximum atomic E-state index is 11.7. The molecule has 1 saturated heterocycles. The van der Waals surface area contributed by atoms with E-state index < -0.39 is 16.2 Å². The SMILES string of the molecule is O=C1NS(=O)(=O)N1c1ccccc1OCc1ccc2ccccc2n1. The van der Waals surface area contributed by atoms with Crippen LogP contribution < -0.4 is 13.8 Å². The van der Waals surface area contributed by atoms with Gasteiger partial charge in [-0.3, -0.25) is 0 Å². The average molecular weight is 355 g/mol. The quantitative estimate of drug-likeness (QED) is 0.777. The van der Waals surface area contributed by atoms with Crippen molar-refractivity contribution in [1.82, 2.24) is 9.71 Å². The summed E-state index contributed by atoms with van der Waals surface area (Å²) >= 11 is 0. The smallest absolute Gasteiger partial charge is 0.352 e. The first-order chi connectivity index (χ1) is 12.0. The van der Waals surface area contributed by atoms with Crippen molar-refractivity contribution in [3.05, 3.63) is 66.4 Å². The zero-order valence-electron chi connectivity index (χ0n) is 12.9. The van der Waals surface area contributed by atoms with Crippen LogP contribution in [0.5, 0.6) is 5.75 Å². The van der Waals surface area contributed by atoms with E-state index in [1.165, 1.54) is 6.07 Å². The molecule has 1 aromatic heterocycles. The van der Waals surface area contributed by atoms with Gasteiger partial charge >= 0.3 is 16.2 Å². The molecule has 1 aliphatic rings. The van der Waals surface area contributed by atoms with Gasteiger partial charge in [0.25, 0.3) is 0 Å². The van der Waals surface area contributed by atoms with Crippen LogP contribution in [0.25, 0.3) is 10.9 Å². The molecule has 0 radical (unpaired) electrons. The maximum absolute atomic E-state index is 11.7. The zero-order valence-corrected chi connectivity index (χ0v) is 13.7. The molecule has 126 valence electrons. The minimum absolute atomic E-state index is 0.150. The van der Waals surface area contributed by atoms with E-state index in [9.17, 15) is 13.2 Å². The Labute approximate surface area is 144 Å². The Morgan fingerprint density at radius 3 is 2.56 bits per heavy atom. The Morgan fingerprint density at radius 1 is 1.00 bits per heavy atom. The van der Waals surface area contributed by atoms with Crippen LogP contribution in [-0.4, -0.2) is 19.4 Å². The zero-order chi connectivity index (χ0) is 17.4. The topological polar surface area (TPSA) is 88.6 Å². The number of pyridine rings is 1. The standard InChI is InChI=1S/C17H13N3O4S/c21-17-19-25(22,23)20(17)15-7-3-4-8-16(15)24-11-13-10-9-12-5-1-2-6-14(12)18-13/h1-10H,11H2,(H,19,21). The summed E-state index contributed by atoms with van der Waals surface area (Å²) in [6, 6.07) is 17.3. The van der Waals surface area contributed by atoms with Gasteiger partial charge in [-0.25, -0.2) is 14.5 Å². The predicted octanol–water partition coefficient (Wildman–Crippen LogP) is 2.59. The van der Waals surface area contributed by atoms with E-state index in [-0.39, 0.29) is 18.0 Å². The number of amides is 2. The summed E-state index contributed by atoms with van der Waals surface area (Å²) in [5, 5.41) is 1.02. The van der Waals surface area contributed by atoms with Crippen LogP contribution in [0.1, 0.15) is 5.69 Å². The lowest BCUT2D eigenvalue weighted by Gasteiger charge is -2.31. The highest BCUT2D eigenvalue weighted by molar-refractivity contribution is 7.94. The minimum atomic E-state index is -3.82. The van der Waals surface area contributed by atoms with E-state index in [0.717, 1.165) is 10.9 Å². The van der Waals surface area contributed by atoms with E-state index in [0.29, 0.717) is 10.00 Å². The summed E-state index contributed by atoms with van der Waals surface area (Å²) in [6.45, 7) is 0.150. The number of aromatic nitrogens is 1. The summed E-state index contributed by atoms with van der Waals surface area (Å²) < 4.78 is 31.7. The summed E-state index contributed by atoms with van der Waals surface area (Å²) in [4.78, 5) is 16.1. The van der Waals surface area contributed by atoms with Crippen LogP contribution in [0.3, 0.4) is 0 Å². The first kappa shape index (κ1) is 15.4. The number of urea groups is 1. The minimum Gasteiger partial charge on any atom is -0.485 e. The summed E-state index contributed by atoms with van der Waals surface area (Å²) in [6.07, 6.45) is 0. The van der Waals surface area contributed by atoms with Gasteiger partial charge in [-0.2, -0.15) is 12.7 Å². The number of carbonyl (C=O) groups excluding carboxylic acids is 1. The fourth-order valence-corrected chi connectivity index (χ4v) is 3.54. The van der Waals surface area contributed by atoms with Crippen molar-refractivity contribution < 1.29 is 17.9 Å². The third-order valence-corrected chi connectivity index (χ3v) is 5.03. The molecule has 1 N–H and O–H groups in total. The molecule has 0 saturated carbocycles. The fourth-order valence-electron chi connectivity index (χ4n) is 2.59. The normalized spacial score (nSPS) is 15.5. The molecule has 0 aliphatic carbocycles. The van der Waals surface area contributed by atoms with Crippen molar-refractivity contribution >= 4 is 32.8 Å². The van der Waals surface area contributed by atoms with Crippen LogP contribution in [0.2, 0.25) is 0 Å².